The molecule has 0 unspecified atom stereocenters. The van der Waals surface area contributed by atoms with E-state index in [2.05, 4.69) is 32.1 Å². The van der Waals surface area contributed by atoms with Gasteiger partial charge >= 0.3 is 0 Å². The van der Waals surface area contributed by atoms with E-state index in [9.17, 15) is 0 Å². The summed E-state index contributed by atoms with van der Waals surface area (Å²) in [5.41, 5.74) is 3.14. The Bertz CT molecular complexity index is 540. The Kier molecular flexibility index (Phi) is 2.35. The van der Waals surface area contributed by atoms with Gasteiger partial charge in [-0.1, -0.05) is 0 Å². The van der Waals surface area contributed by atoms with Crippen molar-refractivity contribution in [3.8, 4) is 5.69 Å². The minimum Gasteiger partial charge on any atom is -0.353 e. The van der Waals surface area contributed by atoms with Crippen LogP contribution in [0.1, 0.15) is 24.2 Å². The van der Waals surface area contributed by atoms with E-state index in [0.29, 0.717) is 6.04 Å². The first-order chi connectivity index (χ1) is 8.24. The van der Waals surface area contributed by atoms with E-state index in [1.165, 1.54) is 12.8 Å². The third-order valence-corrected chi connectivity index (χ3v) is 2.98. The SMILES string of the molecule is Cc1cn(-c2cccnc2C)c(NC2CC2)n1. The Hall–Kier alpha value is -1.84. The second-order valence-electron chi connectivity index (χ2n) is 4.60. The van der Waals surface area contributed by atoms with Gasteiger partial charge in [0.05, 0.1) is 17.1 Å². The lowest BCUT2D eigenvalue weighted by molar-refractivity contribution is 0.976. The van der Waals surface area contributed by atoms with Crippen LogP contribution >= 0.6 is 0 Å². The van der Waals surface area contributed by atoms with Gasteiger partial charge in [0, 0.05) is 18.4 Å². The number of aromatic nitrogens is 3. The Morgan fingerprint density at radius 1 is 1.35 bits per heavy atom. The van der Waals surface area contributed by atoms with Gasteiger partial charge in [0.2, 0.25) is 5.95 Å². The molecule has 0 atom stereocenters. The Labute approximate surface area is 101 Å². The van der Waals surface area contributed by atoms with Crippen molar-refractivity contribution < 1.29 is 0 Å². The molecule has 1 fully saturated rings. The second kappa shape index (κ2) is 3.87. The molecule has 3 rings (SSSR count). The average molecular weight is 228 g/mol. The van der Waals surface area contributed by atoms with Crippen molar-refractivity contribution in [3.63, 3.8) is 0 Å². The molecule has 2 heterocycles. The lowest BCUT2D eigenvalue weighted by Crippen LogP contribution is -2.08. The number of nitrogens with zero attached hydrogens (tertiary/aromatic N) is 3. The summed E-state index contributed by atoms with van der Waals surface area (Å²) in [4.78, 5) is 8.86. The Balaban J connectivity index is 2.03. The molecule has 1 saturated carbocycles. The third kappa shape index (κ3) is 2.02. The maximum Gasteiger partial charge on any atom is 0.208 e. The molecule has 0 bridgehead atoms. The highest BCUT2D eigenvalue weighted by Gasteiger charge is 2.23. The highest BCUT2D eigenvalue weighted by molar-refractivity contribution is 5.46. The van der Waals surface area contributed by atoms with Crippen molar-refractivity contribution >= 4 is 5.95 Å². The van der Waals surface area contributed by atoms with Crippen molar-refractivity contribution in [3.05, 3.63) is 35.9 Å². The molecule has 0 aromatic carbocycles. The molecule has 2 aromatic rings. The summed E-state index contributed by atoms with van der Waals surface area (Å²) in [5.74, 6) is 0.932. The van der Waals surface area contributed by atoms with Crippen LogP contribution in [0.4, 0.5) is 5.95 Å². The summed E-state index contributed by atoms with van der Waals surface area (Å²) in [7, 11) is 0. The predicted octanol–water partition coefficient (Wildman–Crippen LogP) is 2.46. The van der Waals surface area contributed by atoms with Gasteiger partial charge in [0.15, 0.2) is 0 Å². The van der Waals surface area contributed by atoms with Gasteiger partial charge in [0.25, 0.3) is 0 Å². The maximum atomic E-state index is 4.53. The third-order valence-electron chi connectivity index (χ3n) is 2.98. The molecule has 17 heavy (non-hydrogen) atoms. The normalized spacial score (nSPS) is 14.9. The first-order valence-corrected chi connectivity index (χ1v) is 5.98. The number of nitrogens with one attached hydrogen (secondary N) is 1. The van der Waals surface area contributed by atoms with Crippen LogP contribution in [0.25, 0.3) is 5.69 Å². The van der Waals surface area contributed by atoms with Crippen molar-refractivity contribution in [2.24, 2.45) is 0 Å². The van der Waals surface area contributed by atoms with Crippen LogP contribution in [0.2, 0.25) is 0 Å². The predicted molar refractivity (Wildman–Crippen MR) is 67.5 cm³/mol. The number of rotatable bonds is 3. The molecular formula is C13H16N4. The molecule has 88 valence electrons. The molecule has 1 aliphatic rings. The molecular weight excluding hydrogens is 212 g/mol. The van der Waals surface area contributed by atoms with Gasteiger partial charge in [0.1, 0.15) is 0 Å². The largest absolute Gasteiger partial charge is 0.353 e. The van der Waals surface area contributed by atoms with Gasteiger partial charge < -0.3 is 5.32 Å². The highest BCUT2D eigenvalue weighted by atomic mass is 15.2. The zero-order valence-electron chi connectivity index (χ0n) is 10.1. The number of aryl methyl sites for hydroxylation is 2. The molecule has 4 nitrogen and oxygen atoms in total. The van der Waals surface area contributed by atoms with Crippen molar-refractivity contribution in [2.45, 2.75) is 32.7 Å². The monoisotopic (exact) mass is 228 g/mol. The number of pyridine rings is 1. The lowest BCUT2D eigenvalue weighted by Gasteiger charge is -2.10. The molecule has 0 amide bonds. The van der Waals surface area contributed by atoms with Gasteiger partial charge in [-0.3, -0.25) is 9.55 Å². The van der Waals surface area contributed by atoms with Crippen molar-refractivity contribution in [1.82, 2.24) is 14.5 Å². The van der Waals surface area contributed by atoms with E-state index in [-0.39, 0.29) is 0 Å². The zero-order chi connectivity index (χ0) is 11.8. The number of hydrogen-bond donors (Lipinski definition) is 1. The topological polar surface area (TPSA) is 42.7 Å². The van der Waals surface area contributed by atoms with E-state index >= 15 is 0 Å². The highest BCUT2D eigenvalue weighted by Crippen LogP contribution is 2.26. The first kappa shape index (κ1) is 10.3. The quantitative estimate of drug-likeness (QED) is 0.877. The molecule has 0 saturated heterocycles. The molecule has 1 aliphatic carbocycles. The summed E-state index contributed by atoms with van der Waals surface area (Å²) >= 11 is 0. The van der Waals surface area contributed by atoms with Gasteiger partial charge in [-0.25, -0.2) is 4.98 Å². The maximum absolute atomic E-state index is 4.53. The summed E-state index contributed by atoms with van der Waals surface area (Å²) in [6, 6.07) is 4.63. The fourth-order valence-corrected chi connectivity index (χ4v) is 1.92. The summed E-state index contributed by atoms with van der Waals surface area (Å²) in [6.45, 7) is 4.03. The number of hydrogen-bond acceptors (Lipinski definition) is 3. The Morgan fingerprint density at radius 3 is 2.88 bits per heavy atom. The fourth-order valence-electron chi connectivity index (χ4n) is 1.92. The van der Waals surface area contributed by atoms with Crippen LogP contribution in [-0.4, -0.2) is 20.6 Å². The number of anilines is 1. The van der Waals surface area contributed by atoms with Crippen molar-refractivity contribution in [2.75, 3.05) is 5.32 Å². The fraction of sp³-hybridized carbons (Fsp3) is 0.385. The molecule has 0 spiro atoms. The van der Waals surface area contributed by atoms with Crippen molar-refractivity contribution in [1.29, 1.82) is 0 Å². The van der Waals surface area contributed by atoms with Gasteiger partial charge in [-0.2, -0.15) is 0 Å². The van der Waals surface area contributed by atoms with E-state index < -0.39 is 0 Å². The van der Waals surface area contributed by atoms with Gasteiger partial charge in [-0.05, 0) is 38.8 Å². The zero-order valence-corrected chi connectivity index (χ0v) is 10.1. The van der Waals surface area contributed by atoms with E-state index in [4.69, 9.17) is 0 Å². The minimum atomic E-state index is 0.604. The lowest BCUT2D eigenvalue weighted by atomic mass is 10.3. The first-order valence-electron chi connectivity index (χ1n) is 5.98. The van der Waals surface area contributed by atoms with E-state index in [1.54, 1.807) is 0 Å². The summed E-state index contributed by atoms with van der Waals surface area (Å²) in [5, 5.41) is 3.46. The van der Waals surface area contributed by atoms with E-state index in [1.807, 2.05) is 26.1 Å². The van der Waals surface area contributed by atoms with Crippen LogP contribution in [0.5, 0.6) is 0 Å². The van der Waals surface area contributed by atoms with Crippen LogP contribution in [0.3, 0.4) is 0 Å². The van der Waals surface area contributed by atoms with Crippen LogP contribution in [0.15, 0.2) is 24.5 Å². The van der Waals surface area contributed by atoms with Crippen LogP contribution in [-0.2, 0) is 0 Å². The standard InChI is InChI=1S/C13H16N4/c1-9-8-17(12-4-3-7-14-10(12)2)13(15-9)16-11-5-6-11/h3-4,7-8,11H,5-6H2,1-2H3,(H,15,16). The number of imidazole rings is 1. The summed E-state index contributed by atoms with van der Waals surface area (Å²) < 4.78 is 2.09. The average Bonchev–Trinajstić information content (AvgIpc) is 3.03. The molecule has 2 aromatic heterocycles. The Morgan fingerprint density at radius 2 is 2.18 bits per heavy atom. The molecule has 1 N–H and O–H groups in total. The second-order valence-corrected chi connectivity index (χ2v) is 4.60. The minimum absolute atomic E-state index is 0.604. The van der Waals surface area contributed by atoms with Gasteiger partial charge in [-0.15, -0.1) is 0 Å². The smallest absolute Gasteiger partial charge is 0.208 e. The molecule has 4 heteroatoms. The van der Waals surface area contributed by atoms with E-state index in [0.717, 1.165) is 23.0 Å². The molecule has 0 radical (unpaired) electrons. The summed E-state index contributed by atoms with van der Waals surface area (Å²) in [6.07, 6.45) is 6.36. The molecule has 0 aliphatic heterocycles. The van der Waals surface area contributed by atoms with Crippen LogP contribution in [0, 0.1) is 13.8 Å². The van der Waals surface area contributed by atoms with Crippen LogP contribution < -0.4 is 5.32 Å².